The number of carbonyl (C=O) groups is 1. The number of benzene rings is 1. The standard InChI is InChI=1S/C10H9NO2S/c1-2-9(12)13-10-11-7-5-3-4-6-8(7)14-10/h3-6H,2H2,1H3. The van der Waals surface area contributed by atoms with E-state index in [1.807, 2.05) is 24.3 Å². The van der Waals surface area contributed by atoms with Gasteiger partial charge in [-0.15, -0.1) is 0 Å². The van der Waals surface area contributed by atoms with Gasteiger partial charge in [-0.1, -0.05) is 30.4 Å². The first-order valence-corrected chi connectivity index (χ1v) is 5.17. The SMILES string of the molecule is CCC(=O)Oc1nc2ccccc2s1. The first-order chi connectivity index (χ1) is 6.79. The van der Waals surface area contributed by atoms with Gasteiger partial charge in [0, 0.05) is 6.42 Å². The summed E-state index contributed by atoms with van der Waals surface area (Å²) in [6.45, 7) is 1.76. The topological polar surface area (TPSA) is 39.2 Å². The van der Waals surface area contributed by atoms with Gasteiger partial charge in [-0.3, -0.25) is 4.79 Å². The lowest BCUT2D eigenvalue weighted by Crippen LogP contribution is -2.04. The van der Waals surface area contributed by atoms with Crippen LogP contribution < -0.4 is 4.74 Å². The maximum Gasteiger partial charge on any atom is 0.312 e. The highest BCUT2D eigenvalue weighted by Crippen LogP contribution is 2.27. The molecular formula is C10H9NO2S. The molecule has 0 saturated carbocycles. The van der Waals surface area contributed by atoms with E-state index >= 15 is 0 Å². The van der Waals surface area contributed by atoms with E-state index in [-0.39, 0.29) is 5.97 Å². The first-order valence-electron chi connectivity index (χ1n) is 4.36. The molecule has 0 unspecified atom stereocenters. The average Bonchev–Trinajstić information content (AvgIpc) is 2.59. The van der Waals surface area contributed by atoms with Crippen LogP contribution in [0.4, 0.5) is 0 Å². The van der Waals surface area contributed by atoms with Crippen LogP contribution in [0.25, 0.3) is 10.2 Å². The molecule has 3 nitrogen and oxygen atoms in total. The number of nitrogens with zero attached hydrogens (tertiary/aromatic N) is 1. The summed E-state index contributed by atoms with van der Waals surface area (Å²) in [6, 6.07) is 7.70. The van der Waals surface area contributed by atoms with Gasteiger partial charge in [0.1, 0.15) is 0 Å². The minimum Gasteiger partial charge on any atom is -0.398 e. The fraction of sp³-hybridized carbons (Fsp3) is 0.200. The van der Waals surface area contributed by atoms with E-state index in [9.17, 15) is 4.79 Å². The molecule has 0 aliphatic rings. The molecule has 2 aromatic rings. The van der Waals surface area contributed by atoms with Crippen molar-refractivity contribution in [2.45, 2.75) is 13.3 Å². The summed E-state index contributed by atoms with van der Waals surface area (Å²) in [6.07, 6.45) is 0.371. The molecule has 2 rings (SSSR count). The maximum atomic E-state index is 11.0. The van der Waals surface area contributed by atoms with Crippen LogP contribution in [0, 0.1) is 0 Å². The number of carbonyl (C=O) groups excluding carboxylic acids is 1. The minimum atomic E-state index is -0.246. The Labute approximate surface area is 85.3 Å². The third-order valence-corrected chi connectivity index (χ3v) is 2.68. The summed E-state index contributed by atoms with van der Waals surface area (Å²) < 4.78 is 6.05. The molecule has 0 radical (unpaired) electrons. The van der Waals surface area contributed by atoms with Crippen molar-refractivity contribution in [2.75, 3.05) is 0 Å². The average molecular weight is 207 g/mol. The molecule has 0 saturated heterocycles. The van der Waals surface area contributed by atoms with Crippen LogP contribution in [0.15, 0.2) is 24.3 Å². The summed E-state index contributed by atoms with van der Waals surface area (Å²) in [7, 11) is 0. The van der Waals surface area contributed by atoms with Gasteiger partial charge in [0.25, 0.3) is 5.19 Å². The minimum absolute atomic E-state index is 0.246. The summed E-state index contributed by atoms with van der Waals surface area (Å²) in [5, 5.41) is 0.429. The van der Waals surface area contributed by atoms with Crippen LogP contribution >= 0.6 is 11.3 Å². The molecule has 1 aromatic carbocycles. The van der Waals surface area contributed by atoms with Crippen molar-refractivity contribution in [2.24, 2.45) is 0 Å². The van der Waals surface area contributed by atoms with E-state index in [0.29, 0.717) is 11.6 Å². The fourth-order valence-corrected chi connectivity index (χ4v) is 1.90. The summed E-state index contributed by atoms with van der Waals surface area (Å²) >= 11 is 1.39. The molecular weight excluding hydrogens is 198 g/mol. The highest BCUT2D eigenvalue weighted by molar-refractivity contribution is 7.20. The highest BCUT2D eigenvalue weighted by atomic mass is 32.1. The largest absolute Gasteiger partial charge is 0.398 e. The zero-order valence-electron chi connectivity index (χ0n) is 7.69. The number of para-hydroxylation sites is 1. The monoisotopic (exact) mass is 207 g/mol. The Morgan fingerprint density at radius 2 is 2.29 bits per heavy atom. The van der Waals surface area contributed by atoms with E-state index in [1.165, 1.54) is 11.3 Å². The number of aromatic nitrogens is 1. The lowest BCUT2D eigenvalue weighted by atomic mass is 10.3. The zero-order valence-corrected chi connectivity index (χ0v) is 8.50. The Bertz CT molecular complexity index is 431. The second-order valence-electron chi connectivity index (χ2n) is 2.78. The van der Waals surface area contributed by atoms with E-state index in [1.54, 1.807) is 6.92 Å². The van der Waals surface area contributed by atoms with Crippen molar-refractivity contribution < 1.29 is 9.53 Å². The zero-order chi connectivity index (χ0) is 9.97. The molecule has 0 amide bonds. The lowest BCUT2D eigenvalue weighted by molar-refractivity contribution is -0.134. The molecule has 0 aliphatic carbocycles. The van der Waals surface area contributed by atoms with Crippen molar-refractivity contribution in [3.63, 3.8) is 0 Å². The lowest BCUT2D eigenvalue weighted by Gasteiger charge is -1.94. The Morgan fingerprint density at radius 1 is 1.50 bits per heavy atom. The van der Waals surface area contributed by atoms with Crippen molar-refractivity contribution in [3.05, 3.63) is 24.3 Å². The predicted molar refractivity (Wildman–Crippen MR) is 55.5 cm³/mol. The van der Waals surface area contributed by atoms with Gasteiger partial charge >= 0.3 is 5.97 Å². The third-order valence-electron chi connectivity index (χ3n) is 1.76. The number of esters is 1. The number of rotatable bonds is 2. The van der Waals surface area contributed by atoms with Crippen LogP contribution in [0.2, 0.25) is 0 Å². The van der Waals surface area contributed by atoms with Crippen LogP contribution in [-0.2, 0) is 4.79 Å². The molecule has 0 spiro atoms. The van der Waals surface area contributed by atoms with Gasteiger partial charge in [0.05, 0.1) is 10.2 Å². The Balaban J connectivity index is 2.31. The van der Waals surface area contributed by atoms with Crippen molar-refractivity contribution in [3.8, 4) is 5.19 Å². The molecule has 14 heavy (non-hydrogen) atoms. The molecule has 0 bridgehead atoms. The molecule has 0 fully saturated rings. The van der Waals surface area contributed by atoms with Gasteiger partial charge in [-0.05, 0) is 12.1 Å². The molecule has 72 valence electrons. The molecule has 1 heterocycles. The number of thiazole rings is 1. The van der Waals surface area contributed by atoms with Crippen LogP contribution in [0.5, 0.6) is 5.19 Å². The predicted octanol–water partition coefficient (Wildman–Crippen LogP) is 2.61. The van der Waals surface area contributed by atoms with E-state index < -0.39 is 0 Å². The fourth-order valence-electron chi connectivity index (χ4n) is 1.06. The molecule has 0 N–H and O–H groups in total. The number of fused-ring (bicyclic) bond motifs is 1. The summed E-state index contributed by atoms with van der Waals surface area (Å²) in [5.74, 6) is -0.246. The van der Waals surface area contributed by atoms with Gasteiger partial charge < -0.3 is 4.74 Å². The van der Waals surface area contributed by atoms with Crippen molar-refractivity contribution in [1.82, 2.24) is 4.98 Å². The normalized spacial score (nSPS) is 10.4. The van der Waals surface area contributed by atoms with Gasteiger partial charge in [0.2, 0.25) is 0 Å². The smallest absolute Gasteiger partial charge is 0.312 e. The molecule has 4 heteroatoms. The Hall–Kier alpha value is -1.42. The quantitative estimate of drug-likeness (QED) is 0.710. The van der Waals surface area contributed by atoms with Gasteiger partial charge in [-0.2, -0.15) is 0 Å². The van der Waals surface area contributed by atoms with Crippen molar-refractivity contribution in [1.29, 1.82) is 0 Å². The number of hydrogen-bond acceptors (Lipinski definition) is 4. The number of ether oxygens (including phenoxy) is 1. The highest BCUT2D eigenvalue weighted by Gasteiger charge is 2.07. The van der Waals surface area contributed by atoms with Gasteiger partial charge in [0.15, 0.2) is 0 Å². The van der Waals surface area contributed by atoms with E-state index in [4.69, 9.17) is 4.74 Å². The van der Waals surface area contributed by atoms with Crippen LogP contribution in [0.1, 0.15) is 13.3 Å². The van der Waals surface area contributed by atoms with E-state index in [0.717, 1.165) is 10.2 Å². The van der Waals surface area contributed by atoms with Crippen LogP contribution in [0.3, 0.4) is 0 Å². The third kappa shape index (κ3) is 1.75. The molecule has 0 atom stereocenters. The summed E-state index contributed by atoms with van der Waals surface area (Å²) in [5.41, 5.74) is 0.872. The Morgan fingerprint density at radius 3 is 3.00 bits per heavy atom. The first kappa shape index (κ1) is 9.15. The second-order valence-corrected chi connectivity index (χ2v) is 3.77. The number of hydrogen-bond donors (Lipinski definition) is 0. The summed E-state index contributed by atoms with van der Waals surface area (Å²) in [4.78, 5) is 15.2. The van der Waals surface area contributed by atoms with Crippen molar-refractivity contribution >= 4 is 27.5 Å². The second kappa shape index (κ2) is 3.75. The molecule has 1 aromatic heterocycles. The molecule has 0 aliphatic heterocycles. The Kier molecular flexibility index (Phi) is 2.45. The van der Waals surface area contributed by atoms with E-state index in [2.05, 4.69) is 4.98 Å². The van der Waals surface area contributed by atoms with Gasteiger partial charge in [-0.25, -0.2) is 4.98 Å². The maximum absolute atomic E-state index is 11.0. The van der Waals surface area contributed by atoms with Crippen LogP contribution in [-0.4, -0.2) is 11.0 Å².